The number of amides is 2. The quantitative estimate of drug-likeness (QED) is 0.778. The Morgan fingerprint density at radius 3 is 2.64 bits per heavy atom. The predicted molar refractivity (Wildman–Crippen MR) is 89.3 cm³/mol. The van der Waals surface area contributed by atoms with Gasteiger partial charge in [-0.3, -0.25) is 9.59 Å². The Balaban J connectivity index is 0.00000242. The zero-order valence-electron chi connectivity index (χ0n) is 12.9. The van der Waals surface area contributed by atoms with Crippen molar-refractivity contribution in [2.45, 2.75) is 25.3 Å². The van der Waals surface area contributed by atoms with Crippen LogP contribution in [0.15, 0.2) is 30.3 Å². The van der Waals surface area contributed by atoms with E-state index in [1.54, 1.807) is 17.0 Å². The lowest BCUT2D eigenvalue weighted by atomic mass is 10.1. The summed E-state index contributed by atoms with van der Waals surface area (Å²) in [5, 5.41) is 5.97. The molecule has 1 saturated heterocycles. The van der Waals surface area contributed by atoms with Gasteiger partial charge in [-0.15, -0.1) is 12.4 Å². The topological polar surface area (TPSA) is 61.4 Å². The maximum absolute atomic E-state index is 12.5. The third-order valence-corrected chi connectivity index (χ3v) is 3.74. The van der Waals surface area contributed by atoms with Crippen LogP contribution in [0.5, 0.6) is 0 Å². The number of rotatable bonds is 6. The lowest BCUT2D eigenvalue weighted by Crippen LogP contribution is -2.46. The first kappa shape index (κ1) is 18.5. The van der Waals surface area contributed by atoms with Crippen molar-refractivity contribution in [3.63, 3.8) is 0 Å². The summed E-state index contributed by atoms with van der Waals surface area (Å²) in [7, 11) is 1.89. The van der Waals surface area contributed by atoms with Gasteiger partial charge >= 0.3 is 0 Å². The molecule has 6 heteroatoms. The number of benzene rings is 1. The number of nitrogens with zero attached hydrogens (tertiary/aromatic N) is 1. The van der Waals surface area contributed by atoms with Crippen LogP contribution in [0.1, 0.15) is 29.6 Å². The first-order valence-corrected chi connectivity index (χ1v) is 7.52. The summed E-state index contributed by atoms with van der Waals surface area (Å²) in [5.41, 5.74) is 0.646. The number of halogens is 1. The molecule has 1 aromatic rings. The molecule has 122 valence electrons. The zero-order valence-corrected chi connectivity index (χ0v) is 13.7. The van der Waals surface area contributed by atoms with Gasteiger partial charge in [0.1, 0.15) is 6.04 Å². The van der Waals surface area contributed by atoms with Gasteiger partial charge in [0.25, 0.3) is 5.91 Å². The van der Waals surface area contributed by atoms with E-state index in [0.29, 0.717) is 18.7 Å². The molecule has 0 bridgehead atoms. The zero-order chi connectivity index (χ0) is 15.1. The molecule has 1 atom stereocenters. The van der Waals surface area contributed by atoms with Crippen molar-refractivity contribution >= 4 is 24.2 Å². The summed E-state index contributed by atoms with van der Waals surface area (Å²) in [5.74, 6) is -0.0867. The van der Waals surface area contributed by atoms with Crippen molar-refractivity contribution in [3.8, 4) is 0 Å². The summed E-state index contributed by atoms with van der Waals surface area (Å²) in [6.45, 7) is 2.17. The van der Waals surface area contributed by atoms with Gasteiger partial charge in [0, 0.05) is 18.7 Å². The minimum Gasteiger partial charge on any atom is -0.354 e. The average molecular weight is 326 g/mol. The number of carbonyl (C=O) groups is 2. The van der Waals surface area contributed by atoms with Crippen LogP contribution in [0.3, 0.4) is 0 Å². The van der Waals surface area contributed by atoms with E-state index in [1.165, 1.54) is 0 Å². The molecule has 0 aromatic heterocycles. The van der Waals surface area contributed by atoms with Crippen LogP contribution >= 0.6 is 12.4 Å². The number of nitrogens with one attached hydrogen (secondary N) is 2. The summed E-state index contributed by atoms with van der Waals surface area (Å²) < 4.78 is 0. The maximum Gasteiger partial charge on any atom is 0.254 e. The Hall–Kier alpha value is -1.59. The monoisotopic (exact) mass is 325 g/mol. The number of hydrogen-bond acceptors (Lipinski definition) is 3. The predicted octanol–water partition coefficient (Wildman–Crippen LogP) is 1.44. The van der Waals surface area contributed by atoms with Gasteiger partial charge in [-0.1, -0.05) is 18.2 Å². The second-order valence-electron chi connectivity index (χ2n) is 5.27. The van der Waals surface area contributed by atoms with Gasteiger partial charge in [-0.2, -0.15) is 0 Å². The minimum absolute atomic E-state index is 0. The molecule has 22 heavy (non-hydrogen) atoms. The lowest BCUT2D eigenvalue weighted by molar-refractivity contribution is -0.124. The van der Waals surface area contributed by atoms with Gasteiger partial charge < -0.3 is 15.5 Å². The van der Waals surface area contributed by atoms with Gasteiger partial charge in [0.05, 0.1) is 0 Å². The van der Waals surface area contributed by atoms with Gasteiger partial charge in [-0.05, 0) is 45.0 Å². The smallest absolute Gasteiger partial charge is 0.254 e. The molecule has 0 spiro atoms. The largest absolute Gasteiger partial charge is 0.354 e. The molecule has 1 unspecified atom stereocenters. The Morgan fingerprint density at radius 1 is 1.23 bits per heavy atom. The molecule has 1 heterocycles. The highest BCUT2D eigenvalue weighted by Crippen LogP contribution is 2.20. The first-order valence-electron chi connectivity index (χ1n) is 7.52. The van der Waals surface area contributed by atoms with E-state index in [0.717, 1.165) is 25.8 Å². The molecule has 0 radical (unpaired) electrons. The molecule has 1 aliphatic heterocycles. The van der Waals surface area contributed by atoms with Crippen LogP contribution in [0.2, 0.25) is 0 Å². The van der Waals surface area contributed by atoms with E-state index in [9.17, 15) is 9.59 Å². The Bertz CT molecular complexity index is 482. The SMILES string of the molecule is CNCCCNC(=O)C1CCCN1C(=O)c1ccccc1.Cl. The highest BCUT2D eigenvalue weighted by Gasteiger charge is 2.34. The molecule has 1 aromatic carbocycles. The summed E-state index contributed by atoms with van der Waals surface area (Å²) in [6, 6.07) is 8.83. The molecule has 2 amide bonds. The Kier molecular flexibility index (Phi) is 7.91. The van der Waals surface area contributed by atoms with E-state index in [4.69, 9.17) is 0 Å². The highest BCUT2D eigenvalue weighted by atomic mass is 35.5. The van der Waals surface area contributed by atoms with Gasteiger partial charge in [-0.25, -0.2) is 0 Å². The third kappa shape index (κ3) is 4.71. The number of carbonyl (C=O) groups excluding carboxylic acids is 2. The van der Waals surface area contributed by atoms with Crippen LogP contribution < -0.4 is 10.6 Å². The van der Waals surface area contributed by atoms with Crippen LogP contribution in [0.25, 0.3) is 0 Å². The molecular formula is C16H24ClN3O2. The molecule has 2 N–H and O–H groups in total. The van der Waals surface area contributed by atoms with Gasteiger partial charge in [0.2, 0.25) is 5.91 Å². The molecule has 2 rings (SSSR count). The number of hydrogen-bond donors (Lipinski definition) is 2. The van der Waals surface area contributed by atoms with Crippen molar-refractivity contribution in [1.29, 1.82) is 0 Å². The van der Waals surface area contributed by atoms with E-state index in [2.05, 4.69) is 10.6 Å². The lowest BCUT2D eigenvalue weighted by Gasteiger charge is -2.24. The average Bonchev–Trinajstić information content (AvgIpc) is 3.01. The van der Waals surface area contributed by atoms with Crippen molar-refractivity contribution in [2.75, 3.05) is 26.7 Å². The van der Waals surface area contributed by atoms with Crippen LogP contribution in [-0.4, -0.2) is 49.4 Å². The maximum atomic E-state index is 12.5. The van der Waals surface area contributed by atoms with E-state index in [-0.39, 0.29) is 30.3 Å². The molecule has 1 aliphatic rings. The fraction of sp³-hybridized carbons (Fsp3) is 0.500. The Morgan fingerprint density at radius 2 is 1.95 bits per heavy atom. The van der Waals surface area contributed by atoms with Crippen molar-refractivity contribution in [1.82, 2.24) is 15.5 Å². The third-order valence-electron chi connectivity index (χ3n) is 3.74. The fourth-order valence-corrected chi connectivity index (χ4v) is 2.62. The molecule has 1 fully saturated rings. The van der Waals surface area contributed by atoms with Crippen molar-refractivity contribution < 1.29 is 9.59 Å². The molecule has 5 nitrogen and oxygen atoms in total. The molecule has 0 aliphatic carbocycles. The summed E-state index contributed by atoms with van der Waals surface area (Å²) in [6.07, 6.45) is 2.52. The molecule has 0 saturated carbocycles. The van der Waals surface area contributed by atoms with Crippen LogP contribution in [0, 0.1) is 0 Å². The fourth-order valence-electron chi connectivity index (χ4n) is 2.62. The molecular weight excluding hydrogens is 302 g/mol. The van der Waals surface area contributed by atoms with E-state index in [1.807, 2.05) is 25.2 Å². The number of likely N-dealkylation sites (tertiary alicyclic amines) is 1. The standard InChI is InChI=1S/C16H23N3O2.ClH/c1-17-10-6-11-18-15(20)14-9-5-12-19(14)16(21)13-7-3-2-4-8-13;/h2-4,7-8,14,17H,5-6,9-12H2,1H3,(H,18,20);1H. The van der Waals surface area contributed by atoms with Crippen molar-refractivity contribution in [2.24, 2.45) is 0 Å². The van der Waals surface area contributed by atoms with Crippen LogP contribution in [-0.2, 0) is 4.79 Å². The summed E-state index contributed by atoms with van der Waals surface area (Å²) >= 11 is 0. The Labute approximate surface area is 137 Å². The van der Waals surface area contributed by atoms with Gasteiger partial charge in [0.15, 0.2) is 0 Å². The normalized spacial score (nSPS) is 17.0. The van der Waals surface area contributed by atoms with E-state index >= 15 is 0 Å². The second-order valence-corrected chi connectivity index (χ2v) is 5.27. The van der Waals surface area contributed by atoms with E-state index < -0.39 is 0 Å². The minimum atomic E-state index is -0.327. The van der Waals surface area contributed by atoms with Crippen molar-refractivity contribution in [3.05, 3.63) is 35.9 Å². The second kappa shape index (κ2) is 9.43. The highest BCUT2D eigenvalue weighted by molar-refractivity contribution is 5.97. The van der Waals surface area contributed by atoms with Crippen LogP contribution in [0.4, 0.5) is 0 Å². The summed E-state index contributed by atoms with van der Waals surface area (Å²) in [4.78, 5) is 26.4. The first-order chi connectivity index (χ1) is 10.2.